The van der Waals surface area contributed by atoms with Crippen LogP contribution in [0.1, 0.15) is 32.1 Å². The number of rotatable bonds is 3. The average molecular weight is 309 g/mol. The first-order valence-corrected chi connectivity index (χ1v) is 8.21. The largest absolute Gasteiger partial charge is 0.327 e. The van der Waals surface area contributed by atoms with Gasteiger partial charge in [0.1, 0.15) is 17.3 Å². The van der Waals surface area contributed by atoms with E-state index in [9.17, 15) is 13.6 Å². The molecule has 3 nitrogen and oxygen atoms in total. The van der Waals surface area contributed by atoms with Crippen molar-refractivity contribution in [2.75, 3.05) is 25.0 Å². The third-order valence-corrected chi connectivity index (χ3v) is 5.12. The molecule has 5 heteroatoms. The van der Waals surface area contributed by atoms with Gasteiger partial charge in [-0.2, -0.15) is 0 Å². The molecule has 1 saturated heterocycles. The molecule has 22 heavy (non-hydrogen) atoms. The maximum absolute atomic E-state index is 13.5. The molecular weight excluding hydrogens is 286 g/mol. The molecule has 2 N–H and O–H groups in total. The van der Waals surface area contributed by atoms with Crippen LogP contribution in [0, 0.1) is 23.5 Å². The van der Waals surface area contributed by atoms with Crippen LogP contribution in [0.25, 0.3) is 0 Å². The number of anilines is 1. The average Bonchev–Trinajstić information content (AvgIpc) is 2.51. The minimum Gasteiger partial charge on any atom is -0.327 e. The van der Waals surface area contributed by atoms with E-state index >= 15 is 0 Å². The monoisotopic (exact) mass is 309 g/mol. The van der Waals surface area contributed by atoms with Gasteiger partial charge in [-0.25, -0.2) is 8.78 Å². The van der Waals surface area contributed by atoms with E-state index in [0.717, 1.165) is 37.1 Å². The van der Waals surface area contributed by atoms with Gasteiger partial charge in [0.15, 0.2) is 6.54 Å². The van der Waals surface area contributed by atoms with E-state index in [0.29, 0.717) is 0 Å². The Bertz CT molecular complexity index is 529. The Kier molecular flexibility index (Phi) is 4.71. The number of quaternary nitrogens is 1. The summed E-state index contributed by atoms with van der Waals surface area (Å²) in [5.41, 5.74) is -0.334. The molecule has 1 heterocycles. The second-order valence-electron chi connectivity index (χ2n) is 6.62. The fraction of sp³-hybridized carbons (Fsp3) is 0.588. The molecule has 0 radical (unpaired) electrons. The molecule has 1 amide bonds. The third kappa shape index (κ3) is 3.46. The predicted octanol–water partition coefficient (Wildman–Crippen LogP) is 2.00. The predicted molar refractivity (Wildman–Crippen MR) is 80.6 cm³/mol. The Morgan fingerprint density at radius 1 is 1.14 bits per heavy atom. The van der Waals surface area contributed by atoms with E-state index < -0.39 is 11.6 Å². The van der Waals surface area contributed by atoms with Gasteiger partial charge in [0.05, 0.1) is 13.1 Å². The Morgan fingerprint density at radius 3 is 2.55 bits per heavy atom. The molecule has 0 aromatic heterocycles. The molecule has 1 aliphatic heterocycles. The lowest BCUT2D eigenvalue weighted by Gasteiger charge is -2.38. The lowest BCUT2D eigenvalue weighted by molar-refractivity contribution is -0.902. The zero-order valence-corrected chi connectivity index (χ0v) is 12.7. The summed E-state index contributed by atoms with van der Waals surface area (Å²) in [5, 5.41) is 2.39. The number of hydrogen-bond donors (Lipinski definition) is 2. The minimum absolute atomic E-state index is 0.289. The van der Waals surface area contributed by atoms with Crippen molar-refractivity contribution in [2.45, 2.75) is 32.1 Å². The number of fused-ring (bicyclic) bond motifs is 1. The number of nitrogens with one attached hydrogen (secondary N) is 2. The first-order chi connectivity index (χ1) is 10.6. The molecule has 0 bridgehead atoms. The molecule has 1 aromatic carbocycles. The minimum atomic E-state index is -0.727. The molecule has 0 spiro atoms. The molecular formula is C17H23F2N2O+. The van der Waals surface area contributed by atoms with E-state index in [4.69, 9.17) is 0 Å². The fourth-order valence-electron chi connectivity index (χ4n) is 3.98. The highest BCUT2D eigenvalue weighted by Gasteiger charge is 2.34. The van der Waals surface area contributed by atoms with Crippen LogP contribution < -0.4 is 10.2 Å². The molecule has 120 valence electrons. The van der Waals surface area contributed by atoms with Crippen molar-refractivity contribution in [3.63, 3.8) is 0 Å². The number of amides is 1. The van der Waals surface area contributed by atoms with Gasteiger partial charge in [-0.1, -0.05) is 18.9 Å². The normalized spacial score (nSPS) is 28.0. The highest BCUT2D eigenvalue weighted by molar-refractivity contribution is 5.91. The maximum Gasteiger partial charge on any atom is 0.279 e. The Morgan fingerprint density at radius 2 is 1.82 bits per heavy atom. The standard InChI is InChI=1S/C17H22F2N2O/c18-14-6-3-7-15(19)17(14)20-16(22)11-21-9-8-12-4-1-2-5-13(12)10-21/h3,6-7,12-13H,1-2,4-5,8-11H2,(H,20,22)/p+1/t12-,13+/m0/s1. The smallest absolute Gasteiger partial charge is 0.279 e. The van der Waals surface area contributed by atoms with E-state index in [2.05, 4.69) is 5.32 Å². The quantitative estimate of drug-likeness (QED) is 0.880. The number of piperidine rings is 1. The van der Waals surface area contributed by atoms with Crippen molar-refractivity contribution in [1.29, 1.82) is 0 Å². The van der Waals surface area contributed by atoms with E-state index in [1.165, 1.54) is 43.1 Å². The first-order valence-electron chi connectivity index (χ1n) is 8.21. The summed E-state index contributed by atoms with van der Waals surface area (Å²) >= 11 is 0. The van der Waals surface area contributed by atoms with Crippen molar-refractivity contribution in [2.24, 2.45) is 11.8 Å². The molecule has 2 fully saturated rings. The number of para-hydroxylation sites is 1. The molecule has 1 aliphatic carbocycles. The van der Waals surface area contributed by atoms with Crippen molar-refractivity contribution in [1.82, 2.24) is 0 Å². The second kappa shape index (κ2) is 6.73. The topological polar surface area (TPSA) is 33.5 Å². The van der Waals surface area contributed by atoms with Crippen molar-refractivity contribution < 1.29 is 18.5 Å². The summed E-state index contributed by atoms with van der Waals surface area (Å²) < 4.78 is 27.1. The third-order valence-electron chi connectivity index (χ3n) is 5.12. The maximum atomic E-state index is 13.5. The Balaban J connectivity index is 1.56. The summed E-state index contributed by atoms with van der Waals surface area (Å²) in [7, 11) is 0. The van der Waals surface area contributed by atoms with Crippen LogP contribution in [-0.4, -0.2) is 25.5 Å². The summed E-state index contributed by atoms with van der Waals surface area (Å²) in [6.45, 7) is 2.28. The van der Waals surface area contributed by atoms with Crippen LogP contribution >= 0.6 is 0 Å². The van der Waals surface area contributed by atoms with Gasteiger partial charge in [-0.3, -0.25) is 4.79 Å². The first kappa shape index (κ1) is 15.4. The number of likely N-dealkylation sites (tertiary alicyclic amines) is 1. The second-order valence-corrected chi connectivity index (χ2v) is 6.62. The highest BCUT2D eigenvalue weighted by Crippen LogP contribution is 2.32. The van der Waals surface area contributed by atoms with Gasteiger partial charge in [-0.05, 0) is 37.3 Å². The van der Waals surface area contributed by atoms with Crippen LogP contribution in [0.15, 0.2) is 18.2 Å². The summed E-state index contributed by atoms with van der Waals surface area (Å²) in [6.07, 6.45) is 6.38. The SMILES string of the molecule is O=C(C[NH+]1CC[C@@H]2CCCC[C@@H]2C1)Nc1c(F)cccc1F. The van der Waals surface area contributed by atoms with Gasteiger partial charge in [0.2, 0.25) is 0 Å². The summed E-state index contributed by atoms with van der Waals surface area (Å²) in [6, 6.07) is 3.59. The number of benzene rings is 1. The fourth-order valence-corrected chi connectivity index (χ4v) is 3.98. The van der Waals surface area contributed by atoms with Gasteiger partial charge in [-0.15, -0.1) is 0 Å². The molecule has 1 aromatic rings. The molecule has 2 aliphatic rings. The number of carbonyl (C=O) groups excluding carboxylic acids is 1. The van der Waals surface area contributed by atoms with Crippen LogP contribution in [0.4, 0.5) is 14.5 Å². The lowest BCUT2D eigenvalue weighted by atomic mass is 9.75. The van der Waals surface area contributed by atoms with E-state index in [-0.39, 0.29) is 18.1 Å². The number of carbonyl (C=O) groups is 1. The summed E-state index contributed by atoms with van der Waals surface area (Å²) in [4.78, 5) is 13.3. The molecule has 3 atom stereocenters. The molecule has 3 rings (SSSR count). The van der Waals surface area contributed by atoms with Gasteiger partial charge in [0, 0.05) is 5.92 Å². The van der Waals surface area contributed by atoms with E-state index in [1.807, 2.05) is 0 Å². The zero-order chi connectivity index (χ0) is 15.5. The van der Waals surface area contributed by atoms with Crippen molar-refractivity contribution >= 4 is 11.6 Å². The van der Waals surface area contributed by atoms with Crippen LogP contribution in [0.2, 0.25) is 0 Å². The van der Waals surface area contributed by atoms with Crippen LogP contribution in [0.3, 0.4) is 0 Å². The number of halogens is 2. The molecule has 1 unspecified atom stereocenters. The highest BCUT2D eigenvalue weighted by atomic mass is 19.1. The number of hydrogen-bond acceptors (Lipinski definition) is 1. The zero-order valence-electron chi connectivity index (χ0n) is 12.7. The van der Waals surface area contributed by atoms with Crippen LogP contribution in [-0.2, 0) is 4.79 Å². The summed E-state index contributed by atoms with van der Waals surface area (Å²) in [5.74, 6) is -0.225. The van der Waals surface area contributed by atoms with Crippen molar-refractivity contribution in [3.05, 3.63) is 29.8 Å². The van der Waals surface area contributed by atoms with Gasteiger partial charge >= 0.3 is 0 Å². The van der Waals surface area contributed by atoms with E-state index in [1.54, 1.807) is 0 Å². The van der Waals surface area contributed by atoms with Crippen molar-refractivity contribution in [3.8, 4) is 0 Å². The Hall–Kier alpha value is -1.49. The Labute approximate surface area is 129 Å². The van der Waals surface area contributed by atoms with Gasteiger partial charge < -0.3 is 10.2 Å². The molecule has 1 saturated carbocycles. The van der Waals surface area contributed by atoms with Gasteiger partial charge in [0.25, 0.3) is 5.91 Å². The lowest BCUT2D eigenvalue weighted by Crippen LogP contribution is -3.15. The van der Waals surface area contributed by atoms with Crippen LogP contribution in [0.5, 0.6) is 0 Å².